The Morgan fingerprint density at radius 1 is 1.15 bits per heavy atom. The number of carbonyl (C=O) groups is 1. The number of anilines is 1. The van der Waals surface area contributed by atoms with Crippen LogP contribution in [0.5, 0.6) is 0 Å². The third kappa shape index (κ3) is 5.94. The summed E-state index contributed by atoms with van der Waals surface area (Å²) in [5.74, 6) is 0.930. The van der Waals surface area contributed by atoms with Gasteiger partial charge in [-0.05, 0) is 44.4 Å². The van der Waals surface area contributed by atoms with Gasteiger partial charge in [-0.25, -0.2) is 9.97 Å². The van der Waals surface area contributed by atoms with E-state index in [1.165, 1.54) is 0 Å². The van der Waals surface area contributed by atoms with E-state index >= 15 is 0 Å². The third-order valence-corrected chi connectivity index (χ3v) is 6.92. The topological polar surface area (TPSA) is 146 Å². The number of fused-ring (bicyclic) bond motifs is 4. The summed E-state index contributed by atoms with van der Waals surface area (Å²) in [7, 11) is 0. The number of para-hydroxylation sites is 2. The van der Waals surface area contributed by atoms with Crippen LogP contribution in [0.3, 0.4) is 0 Å². The van der Waals surface area contributed by atoms with E-state index in [9.17, 15) is 4.79 Å². The van der Waals surface area contributed by atoms with Crippen LogP contribution in [0.4, 0.5) is 5.82 Å². The van der Waals surface area contributed by atoms with E-state index in [1.807, 2.05) is 75.4 Å². The number of nitrogens with one attached hydrogen (secondary N) is 2. The minimum atomic E-state index is -0.660. The number of benzene rings is 2. The van der Waals surface area contributed by atoms with E-state index in [2.05, 4.69) is 19.9 Å². The van der Waals surface area contributed by atoms with Gasteiger partial charge < -0.3 is 35.8 Å². The number of hydrogen-bond acceptors (Lipinski definition) is 7. The van der Waals surface area contributed by atoms with Gasteiger partial charge in [0.1, 0.15) is 17.9 Å². The number of imidazole rings is 1. The van der Waals surface area contributed by atoms with E-state index in [1.54, 1.807) is 0 Å². The number of hydrogen-bond donors (Lipinski definition) is 4. The molecule has 2 aromatic carbocycles. The van der Waals surface area contributed by atoms with Gasteiger partial charge in [0.15, 0.2) is 5.82 Å². The van der Waals surface area contributed by atoms with Crippen molar-refractivity contribution >= 4 is 44.6 Å². The minimum Gasteiger partial charge on any atom is -0.382 e. The molecule has 1 atom stereocenters. The van der Waals surface area contributed by atoms with Gasteiger partial charge >= 0.3 is 0 Å². The molecule has 0 spiro atoms. The highest BCUT2D eigenvalue weighted by atomic mass is 16.5. The number of nitrogens with two attached hydrogens (primary N) is 2. The summed E-state index contributed by atoms with van der Waals surface area (Å²) in [5, 5.41) is 4.97. The van der Waals surface area contributed by atoms with Crippen LogP contribution in [0.2, 0.25) is 0 Å². The average molecular weight is 544 g/mol. The van der Waals surface area contributed by atoms with Crippen molar-refractivity contribution in [3.8, 4) is 0 Å². The molecule has 3 heterocycles. The van der Waals surface area contributed by atoms with Gasteiger partial charge in [0, 0.05) is 36.2 Å². The molecule has 0 aliphatic rings. The number of amides is 1. The van der Waals surface area contributed by atoms with Crippen LogP contribution in [-0.2, 0) is 33.8 Å². The van der Waals surface area contributed by atoms with Crippen molar-refractivity contribution in [3.05, 3.63) is 66.1 Å². The summed E-state index contributed by atoms with van der Waals surface area (Å²) < 4.78 is 14.1. The Kier molecular flexibility index (Phi) is 8.02. The molecule has 3 aromatic heterocycles. The molecule has 0 aliphatic carbocycles. The fraction of sp³-hybridized carbons (Fsp3) is 0.367. The molecule has 0 radical (unpaired) electrons. The lowest BCUT2D eigenvalue weighted by molar-refractivity contribution is -0.123. The van der Waals surface area contributed by atoms with Crippen molar-refractivity contribution in [1.29, 1.82) is 0 Å². The Hall–Kier alpha value is -3.99. The molecular weight excluding hydrogens is 506 g/mol. The van der Waals surface area contributed by atoms with Gasteiger partial charge in [-0.1, -0.05) is 36.4 Å². The molecule has 0 aliphatic heterocycles. The Bertz CT molecular complexity index is 1610. The smallest absolute Gasteiger partial charge is 0.237 e. The molecule has 5 aromatic rings. The summed E-state index contributed by atoms with van der Waals surface area (Å²) in [5.41, 5.74) is 16.2. The first-order valence-corrected chi connectivity index (χ1v) is 13.6. The van der Waals surface area contributed by atoms with Crippen molar-refractivity contribution in [2.45, 2.75) is 52.0 Å². The van der Waals surface area contributed by atoms with E-state index in [0.29, 0.717) is 50.7 Å². The second kappa shape index (κ2) is 11.6. The molecule has 10 nitrogen and oxygen atoms in total. The van der Waals surface area contributed by atoms with Crippen molar-refractivity contribution in [1.82, 2.24) is 24.8 Å². The van der Waals surface area contributed by atoms with Gasteiger partial charge in [0.25, 0.3) is 0 Å². The van der Waals surface area contributed by atoms with Crippen LogP contribution in [0.15, 0.2) is 54.6 Å². The molecule has 6 N–H and O–H groups in total. The van der Waals surface area contributed by atoms with Gasteiger partial charge in [0.2, 0.25) is 5.91 Å². The molecule has 0 saturated carbocycles. The average Bonchev–Trinajstić information content (AvgIpc) is 3.50. The fourth-order valence-electron chi connectivity index (χ4n) is 5.01. The van der Waals surface area contributed by atoms with E-state index in [0.717, 1.165) is 38.8 Å². The Labute approximate surface area is 233 Å². The maximum absolute atomic E-state index is 12.6. The Morgan fingerprint density at radius 3 is 2.73 bits per heavy atom. The third-order valence-electron chi connectivity index (χ3n) is 6.92. The zero-order valence-electron chi connectivity index (χ0n) is 23.2. The van der Waals surface area contributed by atoms with Gasteiger partial charge in [-0.15, -0.1) is 0 Å². The van der Waals surface area contributed by atoms with E-state index in [4.69, 9.17) is 25.9 Å². The molecule has 10 heteroatoms. The lowest BCUT2D eigenvalue weighted by Gasteiger charge is -2.27. The van der Waals surface area contributed by atoms with Crippen molar-refractivity contribution in [2.75, 3.05) is 25.5 Å². The van der Waals surface area contributed by atoms with E-state index < -0.39 is 11.6 Å². The number of nitrogens with zero attached hydrogens (tertiary/aromatic N) is 3. The highest BCUT2D eigenvalue weighted by molar-refractivity contribution is 6.06. The van der Waals surface area contributed by atoms with Crippen LogP contribution < -0.4 is 16.8 Å². The molecule has 1 unspecified atom stereocenters. The molecular formula is C30H37N7O3. The number of ether oxygens (including phenoxy) is 2. The summed E-state index contributed by atoms with van der Waals surface area (Å²) in [6.07, 6.45) is 0.426. The standard InChI is InChI=1S/C30H37N7O3/c1-4-39-17-25-36-26-27(21-10-6-8-12-24(21)35-28(26)32)37(25)18-30(2,3)40-14-13-33-29(38)22(31)16-20-15-19-9-5-7-11-23(19)34-20/h5-12,15,22,34H,4,13-14,16-18,31H2,1-3H3,(H2,32,35)(H,33,38). The Balaban J connectivity index is 1.23. The zero-order valence-corrected chi connectivity index (χ0v) is 23.2. The van der Waals surface area contributed by atoms with Crippen LogP contribution in [-0.4, -0.2) is 56.8 Å². The molecule has 0 bridgehead atoms. The SMILES string of the molecule is CCOCc1nc2c(N)nc3ccccc3c2n1CC(C)(C)OCCNC(=O)C(N)Cc1cc2ccccc2[nH]1. The zero-order chi connectivity index (χ0) is 28.3. The molecule has 5 rings (SSSR count). The fourth-order valence-corrected chi connectivity index (χ4v) is 5.01. The van der Waals surface area contributed by atoms with Crippen LogP contribution in [0.1, 0.15) is 32.3 Å². The van der Waals surface area contributed by atoms with Crippen molar-refractivity contribution in [2.24, 2.45) is 5.73 Å². The number of H-pyrrole nitrogens is 1. The second-order valence-corrected chi connectivity index (χ2v) is 10.6. The van der Waals surface area contributed by atoms with Gasteiger partial charge in [-0.2, -0.15) is 0 Å². The summed E-state index contributed by atoms with van der Waals surface area (Å²) in [6, 6.07) is 17.2. The molecule has 210 valence electrons. The Morgan fingerprint density at radius 2 is 1.93 bits per heavy atom. The van der Waals surface area contributed by atoms with E-state index in [-0.39, 0.29) is 5.91 Å². The summed E-state index contributed by atoms with van der Waals surface area (Å²) in [4.78, 5) is 25.3. The molecule has 1 amide bonds. The summed E-state index contributed by atoms with van der Waals surface area (Å²) >= 11 is 0. The highest BCUT2D eigenvalue weighted by Crippen LogP contribution is 2.30. The largest absolute Gasteiger partial charge is 0.382 e. The van der Waals surface area contributed by atoms with Crippen LogP contribution in [0, 0.1) is 0 Å². The lowest BCUT2D eigenvalue weighted by atomic mass is 10.1. The lowest BCUT2D eigenvalue weighted by Crippen LogP contribution is -2.44. The number of nitrogen functional groups attached to an aromatic ring is 1. The number of pyridine rings is 1. The van der Waals surface area contributed by atoms with Gasteiger partial charge in [-0.3, -0.25) is 4.79 Å². The normalized spacial score (nSPS) is 12.9. The quantitative estimate of drug-likeness (QED) is 0.176. The maximum atomic E-state index is 12.6. The molecule has 0 fully saturated rings. The van der Waals surface area contributed by atoms with Crippen molar-refractivity contribution < 1.29 is 14.3 Å². The predicted molar refractivity (Wildman–Crippen MR) is 158 cm³/mol. The maximum Gasteiger partial charge on any atom is 0.237 e. The van der Waals surface area contributed by atoms with Gasteiger partial charge in [0.05, 0.1) is 35.8 Å². The van der Waals surface area contributed by atoms with Crippen molar-refractivity contribution in [3.63, 3.8) is 0 Å². The first kappa shape index (κ1) is 27.6. The molecule has 0 saturated heterocycles. The number of aromatic nitrogens is 4. The first-order valence-electron chi connectivity index (χ1n) is 13.6. The highest BCUT2D eigenvalue weighted by Gasteiger charge is 2.25. The monoisotopic (exact) mass is 543 g/mol. The number of carbonyl (C=O) groups excluding carboxylic acids is 1. The minimum absolute atomic E-state index is 0.214. The second-order valence-electron chi connectivity index (χ2n) is 10.6. The van der Waals surface area contributed by atoms with Crippen LogP contribution in [0.25, 0.3) is 32.8 Å². The first-order chi connectivity index (χ1) is 19.3. The predicted octanol–water partition coefficient (Wildman–Crippen LogP) is 3.67. The number of aromatic amines is 1. The van der Waals surface area contributed by atoms with Crippen LogP contribution >= 0.6 is 0 Å². The summed E-state index contributed by atoms with van der Waals surface area (Å²) in [6.45, 7) is 8.08. The molecule has 40 heavy (non-hydrogen) atoms. The number of rotatable bonds is 12.